The number of hydrogen-bond donors (Lipinski definition) is 2. The van der Waals surface area contributed by atoms with E-state index in [0.717, 1.165) is 11.8 Å². The van der Waals surface area contributed by atoms with Crippen molar-refractivity contribution in [1.82, 2.24) is 15.2 Å². The summed E-state index contributed by atoms with van der Waals surface area (Å²) in [6.07, 6.45) is 5.98. The molecule has 2 aliphatic rings. The first-order valence-electron chi connectivity index (χ1n) is 5.73. The first-order valence-corrected chi connectivity index (χ1v) is 5.73. The van der Waals surface area contributed by atoms with Crippen LogP contribution in [0.25, 0.3) is 0 Å². The lowest BCUT2D eigenvalue weighted by Gasteiger charge is -2.24. The van der Waals surface area contributed by atoms with Crippen molar-refractivity contribution in [2.45, 2.75) is 25.3 Å². The highest BCUT2D eigenvalue weighted by Gasteiger charge is 2.48. The van der Waals surface area contributed by atoms with E-state index < -0.39 is 0 Å². The molecule has 82 valence electrons. The molecule has 2 aliphatic carbocycles. The molecule has 0 spiro atoms. The molecule has 0 amide bonds. The van der Waals surface area contributed by atoms with Crippen molar-refractivity contribution < 1.29 is 0 Å². The third-order valence-corrected chi connectivity index (χ3v) is 4.11. The predicted molar refractivity (Wildman–Crippen MR) is 57.6 cm³/mol. The molecule has 0 bridgehead atoms. The lowest BCUT2D eigenvalue weighted by molar-refractivity contribution is 0.331. The molecular weight excluding hydrogens is 188 g/mol. The molecule has 3 unspecified atom stereocenters. The van der Waals surface area contributed by atoms with Crippen molar-refractivity contribution in [3.05, 3.63) is 18.0 Å². The average molecular weight is 206 g/mol. The molecule has 0 aliphatic heterocycles. The Morgan fingerprint density at radius 2 is 2.20 bits per heavy atom. The Balaban J connectivity index is 1.79. The Labute approximate surface area is 89.8 Å². The third-order valence-electron chi connectivity index (χ3n) is 4.11. The number of aryl methyl sites for hydroxylation is 1. The minimum absolute atomic E-state index is 0.283. The Morgan fingerprint density at radius 3 is 2.73 bits per heavy atom. The Kier molecular flexibility index (Phi) is 2.07. The van der Waals surface area contributed by atoms with Gasteiger partial charge in [0.1, 0.15) is 0 Å². The summed E-state index contributed by atoms with van der Waals surface area (Å²) in [5.41, 5.74) is 4.18. The molecule has 0 saturated heterocycles. The van der Waals surface area contributed by atoms with E-state index in [9.17, 15) is 0 Å². The summed E-state index contributed by atoms with van der Waals surface area (Å²) in [5, 5.41) is 4.21. The van der Waals surface area contributed by atoms with Gasteiger partial charge in [0.25, 0.3) is 0 Å². The molecule has 4 heteroatoms. The second-order valence-corrected chi connectivity index (χ2v) is 5.01. The summed E-state index contributed by atoms with van der Waals surface area (Å²) in [6.45, 7) is 0. The average Bonchev–Trinajstić information content (AvgIpc) is 2.65. The quantitative estimate of drug-likeness (QED) is 0.572. The van der Waals surface area contributed by atoms with E-state index in [4.69, 9.17) is 5.84 Å². The maximum atomic E-state index is 5.68. The van der Waals surface area contributed by atoms with Crippen molar-refractivity contribution in [3.63, 3.8) is 0 Å². The maximum Gasteiger partial charge on any atom is 0.0657 e. The van der Waals surface area contributed by atoms with Crippen LogP contribution in [0.15, 0.2) is 12.3 Å². The van der Waals surface area contributed by atoms with E-state index in [2.05, 4.69) is 16.6 Å². The molecule has 2 fully saturated rings. The predicted octanol–water partition coefficient (Wildman–Crippen LogP) is 0.971. The van der Waals surface area contributed by atoms with Crippen LogP contribution >= 0.6 is 0 Å². The highest BCUT2D eigenvalue weighted by molar-refractivity contribution is 5.11. The van der Waals surface area contributed by atoms with Gasteiger partial charge in [0.05, 0.1) is 11.7 Å². The minimum atomic E-state index is 0.283. The fourth-order valence-corrected chi connectivity index (χ4v) is 3.19. The minimum Gasteiger partial charge on any atom is -0.271 e. The third kappa shape index (κ3) is 1.48. The lowest BCUT2D eigenvalue weighted by Crippen LogP contribution is -2.34. The largest absolute Gasteiger partial charge is 0.271 e. The molecule has 1 heterocycles. The number of nitrogens with two attached hydrogens (primary N) is 1. The monoisotopic (exact) mass is 206 g/mol. The lowest BCUT2D eigenvalue weighted by atomic mass is 9.92. The van der Waals surface area contributed by atoms with Gasteiger partial charge in [-0.2, -0.15) is 5.10 Å². The summed E-state index contributed by atoms with van der Waals surface area (Å²) in [6, 6.07) is 2.35. The fraction of sp³-hybridized carbons (Fsp3) is 0.727. The van der Waals surface area contributed by atoms with E-state index in [-0.39, 0.29) is 6.04 Å². The van der Waals surface area contributed by atoms with Gasteiger partial charge >= 0.3 is 0 Å². The van der Waals surface area contributed by atoms with Crippen LogP contribution in [-0.2, 0) is 7.05 Å². The number of rotatable bonds is 3. The Bertz CT molecular complexity index is 349. The number of hydrogen-bond acceptors (Lipinski definition) is 3. The molecule has 3 atom stereocenters. The van der Waals surface area contributed by atoms with Gasteiger partial charge in [0.2, 0.25) is 0 Å². The van der Waals surface area contributed by atoms with E-state index in [1.165, 1.54) is 25.0 Å². The summed E-state index contributed by atoms with van der Waals surface area (Å²) in [7, 11) is 1.98. The first kappa shape index (κ1) is 9.36. The topological polar surface area (TPSA) is 55.9 Å². The van der Waals surface area contributed by atoms with Crippen LogP contribution in [0.4, 0.5) is 0 Å². The molecule has 3 N–H and O–H groups in total. The first-order chi connectivity index (χ1) is 7.29. The van der Waals surface area contributed by atoms with Crippen LogP contribution in [0.5, 0.6) is 0 Å². The van der Waals surface area contributed by atoms with Crippen LogP contribution in [0.2, 0.25) is 0 Å². The standard InChI is InChI=1S/C11H18N4/c1-15-10(2-3-13-15)11(14-12)9-5-7-4-8(7)6-9/h2-3,7-9,11,14H,4-6,12H2,1H3. The van der Waals surface area contributed by atoms with Gasteiger partial charge in [-0.05, 0) is 43.1 Å². The van der Waals surface area contributed by atoms with Crippen molar-refractivity contribution in [3.8, 4) is 0 Å². The van der Waals surface area contributed by atoms with Crippen molar-refractivity contribution >= 4 is 0 Å². The highest BCUT2D eigenvalue weighted by Crippen LogP contribution is 2.56. The van der Waals surface area contributed by atoms with Crippen molar-refractivity contribution in [1.29, 1.82) is 0 Å². The Hall–Kier alpha value is -0.870. The van der Waals surface area contributed by atoms with E-state index in [0.29, 0.717) is 5.92 Å². The molecule has 3 rings (SSSR count). The molecule has 2 saturated carbocycles. The number of nitrogens with zero attached hydrogens (tertiary/aromatic N) is 2. The van der Waals surface area contributed by atoms with Gasteiger partial charge in [0, 0.05) is 13.2 Å². The van der Waals surface area contributed by atoms with Crippen LogP contribution in [-0.4, -0.2) is 9.78 Å². The zero-order valence-corrected chi connectivity index (χ0v) is 9.06. The summed E-state index contributed by atoms with van der Waals surface area (Å²) in [5.74, 6) is 8.38. The fourth-order valence-electron chi connectivity index (χ4n) is 3.19. The van der Waals surface area contributed by atoms with Gasteiger partial charge < -0.3 is 0 Å². The van der Waals surface area contributed by atoms with Gasteiger partial charge in [-0.25, -0.2) is 0 Å². The highest BCUT2D eigenvalue weighted by atomic mass is 15.3. The maximum absolute atomic E-state index is 5.68. The summed E-state index contributed by atoms with van der Waals surface area (Å²) >= 11 is 0. The van der Waals surface area contributed by atoms with Crippen molar-refractivity contribution in [2.24, 2.45) is 30.6 Å². The van der Waals surface area contributed by atoms with Crippen LogP contribution in [0.1, 0.15) is 31.0 Å². The molecular formula is C11H18N4. The van der Waals surface area contributed by atoms with Crippen LogP contribution in [0.3, 0.4) is 0 Å². The van der Waals surface area contributed by atoms with E-state index in [1.54, 1.807) is 0 Å². The molecule has 1 aromatic heterocycles. The number of hydrazine groups is 1. The van der Waals surface area contributed by atoms with Crippen molar-refractivity contribution in [2.75, 3.05) is 0 Å². The molecule has 0 aromatic carbocycles. The zero-order valence-electron chi connectivity index (χ0n) is 9.06. The number of fused-ring (bicyclic) bond motifs is 1. The second-order valence-electron chi connectivity index (χ2n) is 5.01. The summed E-state index contributed by atoms with van der Waals surface area (Å²) in [4.78, 5) is 0. The van der Waals surface area contributed by atoms with E-state index >= 15 is 0 Å². The molecule has 1 aromatic rings. The Morgan fingerprint density at radius 1 is 1.47 bits per heavy atom. The molecule has 15 heavy (non-hydrogen) atoms. The zero-order chi connectivity index (χ0) is 10.4. The second kappa shape index (κ2) is 3.32. The SMILES string of the molecule is Cn1nccc1C(NN)C1CC2CC2C1. The van der Waals surface area contributed by atoms with Gasteiger partial charge in [-0.1, -0.05) is 0 Å². The van der Waals surface area contributed by atoms with E-state index in [1.807, 2.05) is 17.9 Å². The smallest absolute Gasteiger partial charge is 0.0657 e. The van der Waals surface area contributed by atoms with Gasteiger partial charge in [-0.3, -0.25) is 16.0 Å². The molecule has 4 nitrogen and oxygen atoms in total. The van der Waals surface area contributed by atoms with Gasteiger partial charge in [0.15, 0.2) is 0 Å². The number of nitrogens with one attached hydrogen (secondary N) is 1. The summed E-state index contributed by atoms with van der Waals surface area (Å²) < 4.78 is 1.93. The normalized spacial score (nSPS) is 35.2. The van der Waals surface area contributed by atoms with Gasteiger partial charge in [-0.15, -0.1) is 0 Å². The van der Waals surface area contributed by atoms with Crippen LogP contribution < -0.4 is 11.3 Å². The van der Waals surface area contributed by atoms with Crippen LogP contribution in [0, 0.1) is 17.8 Å². The molecule has 0 radical (unpaired) electrons. The number of aromatic nitrogens is 2.